The second-order valence-electron chi connectivity index (χ2n) is 4.93. The van der Waals surface area contributed by atoms with E-state index in [-0.39, 0.29) is 17.6 Å². The Morgan fingerprint density at radius 3 is 2.77 bits per heavy atom. The highest BCUT2D eigenvalue weighted by Crippen LogP contribution is 2.16. The predicted octanol–water partition coefficient (Wildman–Crippen LogP) is 2.39. The number of hydrogen-bond donors (Lipinski definition) is 3. The first kappa shape index (κ1) is 16.3. The van der Waals surface area contributed by atoms with E-state index in [1.807, 2.05) is 30.3 Å². The van der Waals surface area contributed by atoms with Crippen molar-refractivity contribution < 1.29 is 9.59 Å². The number of unbranched alkanes of at least 4 members (excludes halogenated alkanes) is 1. The van der Waals surface area contributed by atoms with Crippen LogP contribution in [0, 0.1) is 0 Å². The van der Waals surface area contributed by atoms with Crippen molar-refractivity contribution in [2.75, 3.05) is 17.6 Å². The van der Waals surface area contributed by atoms with E-state index in [2.05, 4.69) is 28.2 Å². The lowest BCUT2D eigenvalue weighted by molar-refractivity contribution is -0.118. The molecule has 0 aliphatic heterocycles. The number of hydrogen-bond acceptors (Lipinski definition) is 4. The Morgan fingerprint density at radius 1 is 1.14 bits per heavy atom. The lowest BCUT2D eigenvalue weighted by atomic mass is 10.2. The number of nitrogens with one attached hydrogen (secondary N) is 2. The Bertz CT molecular complexity index is 661. The van der Waals surface area contributed by atoms with Gasteiger partial charge in [-0.1, -0.05) is 18.2 Å². The summed E-state index contributed by atoms with van der Waals surface area (Å²) in [5.74, 6) is 0.0581. The summed E-state index contributed by atoms with van der Waals surface area (Å²) >= 11 is 3.87. The van der Waals surface area contributed by atoms with Crippen molar-refractivity contribution in [1.82, 2.24) is 10.3 Å². The standard InChI is InChI=1S/C16H19N3O2S/c20-15(7-3-4-8-17-16(21)11-22)19-13-9-12-5-1-2-6-14(12)18-10-13/h1-2,5-6,9-10,22H,3-4,7-8,11H2,(H,17,21)(H,19,20). The van der Waals surface area contributed by atoms with Crippen LogP contribution >= 0.6 is 12.6 Å². The van der Waals surface area contributed by atoms with Crippen LogP contribution in [0.3, 0.4) is 0 Å². The minimum absolute atomic E-state index is 0.0439. The molecule has 2 rings (SSSR count). The molecule has 0 fully saturated rings. The summed E-state index contributed by atoms with van der Waals surface area (Å²) in [4.78, 5) is 27.1. The summed E-state index contributed by atoms with van der Waals surface area (Å²) in [5, 5.41) is 6.56. The minimum atomic E-state index is -0.0879. The number of aromatic nitrogens is 1. The van der Waals surface area contributed by atoms with Gasteiger partial charge in [-0.05, 0) is 25.0 Å². The molecule has 0 saturated carbocycles. The number of carbonyl (C=O) groups excluding carboxylic acids is 2. The van der Waals surface area contributed by atoms with Gasteiger partial charge in [0.05, 0.1) is 23.2 Å². The molecule has 0 unspecified atom stereocenters. The summed E-state index contributed by atoms with van der Waals surface area (Å²) in [5.41, 5.74) is 1.60. The van der Waals surface area contributed by atoms with E-state index in [9.17, 15) is 9.59 Å². The molecular formula is C16H19N3O2S. The Morgan fingerprint density at radius 2 is 1.95 bits per heavy atom. The van der Waals surface area contributed by atoms with Crippen LogP contribution in [-0.4, -0.2) is 29.1 Å². The first-order chi connectivity index (χ1) is 10.7. The van der Waals surface area contributed by atoms with Gasteiger partial charge in [0.15, 0.2) is 0 Å². The Balaban J connectivity index is 1.75. The zero-order valence-electron chi connectivity index (χ0n) is 12.2. The molecule has 1 heterocycles. The molecule has 0 aliphatic carbocycles. The van der Waals surface area contributed by atoms with Gasteiger partial charge in [-0.15, -0.1) is 0 Å². The SMILES string of the molecule is O=C(CS)NCCCCC(=O)Nc1cnc2ccccc2c1. The molecule has 6 heteroatoms. The molecule has 2 aromatic rings. The maximum Gasteiger partial charge on any atom is 0.229 e. The van der Waals surface area contributed by atoms with Crippen LogP contribution in [0.25, 0.3) is 10.9 Å². The highest BCUT2D eigenvalue weighted by atomic mass is 32.1. The van der Waals surface area contributed by atoms with Gasteiger partial charge in [0.2, 0.25) is 11.8 Å². The normalized spacial score (nSPS) is 10.4. The maximum atomic E-state index is 11.9. The predicted molar refractivity (Wildman–Crippen MR) is 91.1 cm³/mol. The largest absolute Gasteiger partial charge is 0.355 e. The van der Waals surface area contributed by atoms with E-state index in [0.717, 1.165) is 23.7 Å². The summed E-state index contributed by atoms with van der Waals surface area (Å²) < 4.78 is 0. The number of anilines is 1. The van der Waals surface area contributed by atoms with Crippen molar-refractivity contribution in [3.63, 3.8) is 0 Å². The molecule has 0 radical (unpaired) electrons. The van der Waals surface area contributed by atoms with Gasteiger partial charge < -0.3 is 10.6 Å². The fourth-order valence-electron chi connectivity index (χ4n) is 2.06. The number of nitrogens with zero attached hydrogens (tertiary/aromatic N) is 1. The fraction of sp³-hybridized carbons (Fsp3) is 0.312. The van der Waals surface area contributed by atoms with Gasteiger partial charge in [0, 0.05) is 18.4 Å². The molecule has 2 N–H and O–H groups in total. The first-order valence-corrected chi connectivity index (χ1v) is 7.84. The average molecular weight is 317 g/mol. The zero-order chi connectivity index (χ0) is 15.8. The van der Waals surface area contributed by atoms with Gasteiger partial charge in [-0.25, -0.2) is 0 Å². The molecule has 2 amide bonds. The van der Waals surface area contributed by atoms with Gasteiger partial charge in [-0.2, -0.15) is 12.6 Å². The molecule has 22 heavy (non-hydrogen) atoms. The second kappa shape index (κ2) is 8.38. The van der Waals surface area contributed by atoms with Gasteiger partial charge in [0.25, 0.3) is 0 Å². The number of benzene rings is 1. The van der Waals surface area contributed by atoms with Crippen LogP contribution in [0.1, 0.15) is 19.3 Å². The number of carbonyl (C=O) groups is 2. The quantitative estimate of drug-likeness (QED) is 0.542. The fourth-order valence-corrected chi connectivity index (χ4v) is 2.17. The maximum absolute atomic E-state index is 11.9. The lowest BCUT2D eigenvalue weighted by Crippen LogP contribution is -2.25. The van der Waals surface area contributed by atoms with E-state index < -0.39 is 0 Å². The van der Waals surface area contributed by atoms with Crippen molar-refractivity contribution in [3.05, 3.63) is 36.5 Å². The van der Waals surface area contributed by atoms with Crippen LogP contribution in [0.5, 0.6) is 0 Å². The average Bonchev–Trinajstić information content (AvgIpc) is 2.54. The highest BCUT2D eigenvalue weighted by molar-refractivity contribution is 7.81. The number of rotatable bonds is 7. The van der Waals surface area contributed by atoms with Crippen LogP contribution in [0.15, 0.2) is 36.5 Å². The number of pyridine rings is 1. The van der Waals surface area contributed by atoms with E-state index in [4.69, 9.17) is 0 Å². The monoisotopic (exact) mass is 317 g/mol. The third-order valence-electron chi connectivity index (χ3n) is 3.17. The van der Waals surface area contributed by atoms with Crippen LogP contribution in [0.4, 0.5) is 5.69 Å². The Hall–Kier alpha value is -2.08. The molecule has 1 aromatic heterocycles. The molecule has 0 bridgehead atoms. The molecule has 0 atom stereocenters. The smallest absolute Gasteiger partial charge is 0.229 e. The van der Waals surface area contributed by atoms with E-state index in [1.165, 1.54) is 0 Å². The van der Waals surface area contributed by atoms with Crippen LogP contribution in [0.2, 0.25) is 0 Å². The van der Waals surface area contributed by atoms with Gasteiger partial charge in [-0.3, -0.25) is 14.6 Å². The molecule has 0 spiro atoms. The molecule has 5 nitrogen and oxygen atoms in total. The Labute approximate surface area is 134 Å². The van der Waals surface area contributed by atoms with Gasteiger partial charge in [0.1, 0.15) is 0 Å². The van der Waals surface area contributed by atoms with E-state index in [0.29, 0.717) is 18.7 Å². The number of thiol groups is 1. The highest BCUT2D eigenvalue weighted by Gasteiger charge is 2.04. The number of amides is 2. The summed E-state index contributed by atoms with van der Waals surface area (Å²) in [7, 11) is 0. The van der Waals surface area contributed by atoms with Gasteiger partial charge >= 0.3 is 0 Å². The van der Waals surface area contributed by atoms with Crippen LogP contribution in [-0.2, 0) is 9.59 Å². The van der Waals surface area contributed by atoms with Crippen molar-refractivity contribution in [2.24, 2.45) is 0 Å². The molecule has 116 valence electrons. The second-order valence-corrected chi connectivity index (χ2v) is 5.25. The number of fused-ring (bicyclic) bond motifs is 1. The first-order valence-electron chi connectivity index (χ1n) is 7.21. The summed E-state index contributed by atoms with van der Waals surface area (Å²) in [6.07, 6.45) is 3.57. The molecular weight excluding hydrogens is 298 g/mol. The van der Waals surface area contributed by atoms with Crippen molar-refractivity contribution >= 4 is 41.0 Å². The van der Waals surface area contributed by atoms with E-state index >= 15 is 0 Å². The third kappa shape index (κ3) is 5.04. The summed E-state index contributed by atoms with van der Waals surface area (Å²) in [6.45, 7) is 0.574. The van der Waals surface area contributed by atoms with Crippen LogP contribution < -0.4 is 10.6 Å². The summed E-state index contributed by atoms with van der Waals surface area (Å²) in [6, 6.07) is 9.67. The number of para-hydroxylation sites is 1. The third-order valence-corrected chi connectivity index (χ3v) is 3.46. The molecule has 0 aliphatic rings. The lowest BCUT2D eigenvalue weighted by Gasteiger charge is -2.06. The van der Waals surface area contributed by atoms with Crippen molar-refractivity contribution in [1.29, 1.82) is 0 Å². The zero-order valence-corrected chi connectivity index (χ0v) is 13.1. The minimum Gasteiger partial charge on any atom is -0.355 e. The van der Waals surface area contributed by atoms with E-state index in [1.54, 1.807) is 6.20 Å². The molecule has 0 saturated heterocycles. The topological polar surface area (TPSA) is 71.1 Å². The Kier molecular flexibility index (Phi) is 6.21. The van der Waals surface area contributed by atoms with Crippen molar-refractivity contribution in [2.45, 2.75) is 19.3 Å². The van der Waals surface area contributed by atoms with Crippen molar-refractivity contribution in [3.8, 4) is 0 Å². The molecule has 1 aromatic carbocycles.